The van der Waals surface area contributed by atoms with Crippen LogP contribution in [0.25, 0.3) is 0 Å². The van der Waals surface area contributed by atoms with E-state index in [1.807, 2.05) is 30.3 Å². The Labute approximate surface area is 206 Å². The molecule has 7 heteroatoms. The zero-order valence-corrected chi connectivity index (χ0v) is 22.7. The summed E-state index contributed by atoms with van der Waals surface area (Å²) in [4.78, 5) is 12.8. The molecule has 2 N–H and O–H groups in total. The molecule has 1 heterocycles. The van der Waals surface area contributed by atoms with Crippen molar-refractivity contribution in [2.45, 2.75) is 89.9 Å². The Balaban J connectivity index is 1.63. The van der Waals surface area contributed by atoms with Crippen molar-refractivity contribution in [2.75, 3.05) is 19.8 Å². The van der Waals surface area contributed by atoms with Gasteiger partial charge in [0.05, 0.1) is 12.7 Å². The largest absolute Gasteiger partial charge is 0.417 e. The molecule has 1 aromatic carbocycles. The van der Waals surface area contributed by atoms with Crippen LogP contribution in [0.4, 0.5) is 0 Å². The first-order valence-electron chi connectivity index (χ1n) is 12.9. The summed E-state index contributed by atoms with van der Waals surface area (Å²) in [5.74, 6) is 0.0660. The summed E-state index contributed by atoms with van der Waals surface area (Å²) in [5.41, 5.74) is 1.07. The van der Waals surface area contributed by atoms with Crippen LogP contribution >= 0.6 is 0 Å². The van der Waals surface area contributed by atoms with Gasteiger partial charge in [-0.25, -0.2) is 0 Å². The summed E-state index contributed by atoms with van der Waals surface area (Å²) < 4.78 is 18.5. The lowest BCUT2D eigenvalue weighted by Crippen LogP contribution is -2.43. The predicted molar refractivity (Wildman–Crippen MR) is 137 cm³/mol. The van der Waals surface area contributed by atoms with Crippen molar-refractivity contribution < 1.29 is 23.8 Å². The minimum atomic E-state index is -1.96. The lowest BCUT2D eigenvalue weighted by molar-refractivity contribution is -0.171. The molecule has 1 unspecified atom stereocenters. The highest BCUT2D eigenvalue weighted by molar-refractivity contribution is 6.74. The normalized spacial score (nSPS) is 28.1. The van der Waals surface area contributed by atoms with E-state index >= 15 is 0 Å². The summed E-state index contributed by atoms with van der Waals surface area (Å²) in [7, 11) is -1.96. The molecule has 192 valence electrons. The zero-order chi connectivity index (χ0) is 24.8. The highest BCUT2D eigenvalue weighted by atomic mass is 28.4. The number of carbonyl (C=O) groups is 1. The van der Waals surface area contributed by atoms with E-state index in [2.05, 4.69) is 39.2 Å². The highest BCUT2D eigenvalue weighted by Gasteiger charge is 2.46. The van der Waals surface area contributed by atoms with E-state index < -0.39 is 14.4 Å². The topological polar surface area (TPSA) is 77.0 Å². The van der Waals surface area contributed by atoms with E-state index in [-0.39, 0.29) is 35.0 Å². The average Bonchev–Trinajstić information content (AvgIpc) is 3.09. The molecule has 1 aliphatic heterocycles. The first kappa shape index (κ1) is 27.3. The Bertz CT molecular complexity index is 760. The van der Waals surface area contributed by atoms with E-state index in [0.717, 1.165) is 31.4 Å². The third-order valence-electron chi connectivity index (χ3n) is 8.02. The van der Waals surface area contributed by atoms with Crippen molar-refractivity contribution in [3.05, 3.63) is 35.9 Å². The zero-order valence-electron chi connectivity index (χ0n) is 21.7. The summed E-state index contributed by atoms with van der Waals surface area (Å²) in [6.07, 6.45) is 3.39. The summed E-state index contributed by atoms with van der Waals surface area (Å²) in [6.45, 7) is 13.6. The van der Waals surface area contributed by atoms with Crippen molar-refractivity contribution in [3.8, 4) is 0 Å². The van der Waals surface area contributed by atoms with E-state index in [1.165, 1.54) is 0 Å². The lowest BCUT2D eigenvalue weighted by Gasteiger charge is -2.38. The fourth-order valence-corrected chi connectivity index (χ4v) is 5.75. The van der Waals surface area contributed by atoms with Gasteiger partial charge >= 0.3 is 0 Å². The van der Waals surface area contributed by atoms with Crippen LogP contribution in [0, 0.1) is 17.8 Å². The van der Waals surface area contributed by atoms with Gasteiger partial charge in [-0.15, -0.1) is 0 Å². The second kappa shape index (κ2) is 12.1. The molecule has 1 saturated carbocycles. The number of aliphatic hydroxyl groups is 1. The fourth-order valence-electron chi connectivity index (χ4n) is 4.71. The van der Waals surface area contributed by atoms with Crippen molar-refractivity contribution in [1.29, 1.82) is 0 Å². The summed E-state index contributed by atoms with van der Waals surface area (Å²) in [6, 6.07) is 9.91. The molecule has 0 aromatic heterocycles. The van der Waals surface area contributed by atoms with Gasteiger partial charge in [0, 0.05) is 26.2 Å². The Morgan fingerprint density at radius 1 is 1.15 bits per heavy atom. The highest BCUT2D eigenvalue weighted by Crippen LogP contribution is 2.43. The Hall–Kier alpha value is -1.25. The monoisotopic (exact) mass is 491 g/mol. The Morgan fingerprint density at radius 3 is 2.53 bits per heavy atom. The first-order valence-corrected chi connectivity index (χ1v) is 15.8. The number of ether oxygens (including phenoxy) is 2. The molecule has 34 heavy (non-hydrogen) atoms. The van der Waals surface area contributed by atoms with Gasteiger partial charge < -0.3 is 24.3 Å². The van der Waals surface area contributed by atoms with Gasteiger partial charge in [-0.2, -0.15) is 0 Å². The minimum absolute atomic E-state index is 0.0255. The molecule has 6 nitrogen and oxygen atoms in total. The molecule has 0 bridgehead atoms. The molecule has 0 radical (unpaired) electrons. The molecule has 2 aliphatic rings. The number of carbonyl (C=O) groups excluding carboxylic acids is 1. The Morgan fingerprint density at radius 2 is 1.88 bits per heavy atom. The van der Waals surface area contributed by atoms with Crippen molar-refractivity contribution in [2.24, 2.45) is 17.8 Å². The predicted octanol–water partition coefficient (Wildman–Crippen LogP) is 4.87. The number of amides is 1. The van der Waals surface area contributed by atoms with E-state index in [4.69, 9.17) is 13.9 Å². The molecule has 5 atom stereocenters. The van der Waals surface area contributed by atoms with E-state index in [1.54, 1.807) is 0 Å². The number of nitrogens with one attached hydrogen (secondary N) is 1. The van der Waals surface area contributed by atoms with Gasteiger partial charge in [0.2, 0.25) is 5.91 Å². The van der Waals surface area contributed by atoms with Crippen LogP contribution < -0.4 is 5.32 Å². The average molecular weight is 492 g/mol. The molecular formula is C27H45NO5Si. The van der Waals surface area contributed by atoms with Gasteiger partial charge in [0.25, 0.3) is 0 Å². The maximum absolute atomic E-state index is 12.8. The van der Waals surface area contributed by atoms with Crippen LogP contribution in [0.2, 0.25) is 18.1 Å². The molecule has 1 amide bonds. The molecule has 1 aromatic rings. The summed E-state index contributed by atoms with van der Waals surface area (Å²) >= 11 is 0. The van der Waals surface area contributed by atoms with Gasteiger partial charge in [-0.3, -0.25) is 4.79 Å². The Kier molecular flexibility index (Phi) is 9.75. The van der Waals surface area contributed by atoms with Gasteiger partial charge in [-0.1, -0.05) is 51.1 Å². The lowest BCUT2D eigenvalue weighted by atomic mass is 9.87. The number of hydrogen-bond acceptors (Lipinski definition) is 5. The molecule has 1 saturated heterocycles. The maximum atomic E-state index is 12.8. The van der Waals surface area contributed by atoms with Crippen LogP contribution in [-0.2, 0) is 25.2 Å². The summed E-state index contributed by atoms with van der Waals surface area (Å²) in [5, 5.41) is 14.1. The molecule has 2 fully saturated rings. The molecule has 3 rings (SSSR count). The molecule has 0 spiro atoms. The van der Waals surface area contributed by atoms with Crippen molar-refractivity contribution in [3.63, 3.8) is 0 Å². The van der Waals surface area contributed by atoms with E-state index in [0.29, 0.717) is 32.6 Å². The molecule has 1 aliphatic carbocycles. The fraction of sp³-hybridized carbons (Fsp3) is 0.741. The molecular weight excluding hydrogens is 446 g/mol. The van der Waals surface area contributed by atoms with Crippen LogP contribution in [0.5, 0.6) is 0 Å². The van der Waals surface area contributed by atoms with Crippen LogP contribution in [-0.4, -0.2) is 51.5 Å². The SMILES string of the molecule is CC(C)(C)[Si](C)(C)OC[C@H]1[C@H](COC2CCCCO2)C[C@H](O)[C@@H]1CC(=O)NCc1ccccc1. The van der Waals surface area contributed by atoms with Crippen molar-refractivity contribution in [1.82, 2.24) is 5.32 Å². The van der Waals surface area contributed by atoms with E-state index in [9.17, 15) is 9.90 Å². The number of hydrogen-bond donors (Lipinski definition) is 2. The second-order valence-corrected chi connectivity index (χ2v) is 16.4. The smallest absolute Gasteiger partial charge is 0.220 e. The van der Waals surface area contributed by atoms with Gasteiger partial charge in [-0.05, 0) is 67.1 Å². The quantitative estimate of drug-likeness (QED) is 0.457. The second-order valence-electron chi connectivity index (χ2n) is 11.6. The number of aliphatic hydroxyl groups excluding tert-OH is 1. The van der Waals surface area contributed by atoms with Crippen LogP contribution in [0.15, 0.2) is 30.3 Å². The van der Waals surface area contributed by atoms with Crippen LogP contribution in [0.3, 0.4) is 0 Å². The van der Waals surface area contributed by atoms with Crippen LogP contribution in [0.1, 0.15) is 58.4 Å². The number of rotatable bonds is 10. The maximum Gasteiger partial charge on any atom is 0.220 e. The third kappa shape index (κ3) is 7.62. The number of benzene rings is 1. The van der Waals surface area contributed by atoms with Gasteiger partial charge in [0.1, 0.15) is 0 Å². The third-order valence-corrected chi connectivity index (χ3v) is 12.5. The van der Waals surface area contributed by atoms with Crippen molar-refractivity contribution >= 4 is 14.2 Å². The van der Waals surface area contributed by atoms with Gasteiger partial charge in [0.15, 0.2) is 14.6 Å². The minimum Gasteiger partial charge on any atom is -0.417 e. The standard InChI is InChI=1S/C27H45NO5Si/c1-27(2,3)34(4,5)33-19-23-21(18-32-26-13-9-10-14-31-26)15-24(29)22(23)16-25(30)28-17-20-11-7-6-8-12-20/h6-8,11-12,21-24,26,29H,9-10,13-19H2,1-5H3,(H,28,30)/t21-,22+,23-,24-,26?/m0/s1. The first-order chi connectivity index (χ1) is 16.1.